The normalized spacial score (nSPS) is 16.4. The van der Waals surface area contributed by atoms with Crippen molar-refractivity contribution < 1.29 is 23.8 Å². The van der Waals surface area contributed by atoms with E-state index in [2.05, 4.69) is 10.2 Å². The zero-order valence-electron chi connectivity index (χ0n) is 18.5. The third-order valence-electron chi connectivity index (χ3n) is 5.78. The van der Waals surface area contributed by atoms with Crippen LogP contribution in [-0.2, 0) is 4.79 Å². The van der Waals surface area contributed by atoms with Crippen molar-refractivity contribution in [3.8, 4) is 17.2 Å². The Balaban J connectivity index is 1.28. The molecule has 7 nitrogen and oxygen atoms in total. The highest BCUT2D eigenvalue weighted by molar-refractivity contribution is 5.98. The van der Waals surface area contributed by atoms with E-state index in [9.17, 15) is 9.59 Å². The van der Waals surface area contributed by atoms with Crippen LogP contribution in [-0.4, -0.2) is 56.0 Å². The third-order valence-corrected chi connectivity index (χ3v) is 5.78. The number of ketones is 1. The van der Waals surface area contributed by atoms with Crippen LogP contribution in [0.15, 0.2) is 42.5 Å². The highest BCUT2D eigenvalue weighted by Crippen LogP contribution is 2.32. The summed E-state index contributed by atoms with van der Waals surface area (Å²) in [5, 5.41) is 2.96. The van der Waals surface area contributed by atoms with Gasteiger partial charge in [-0.1, -0.05) is 19.1 Å². The number of likely N-dealkylation sites (tertiary alicyclic amines) is 1. The highest BCUT2D eigenvalue weighted by Gasteiger charge is 2.27. The van der Waals surface area contributed by atoms with Crippen molar-refractivity contribution in [1.82, 2.24) is 4.90 Å². The molecule has 1 amide bonds. The number of amides is 1. The fraction of sp³-hybridized carbons (Fsp3) is 0.440. The second-order valence-electron chi connectivity index (χ2n) is 8.17. The number of hydrogen-bond acceptors (Lipinski definition) is 6. The molecular weight excluding hydrogens is 408 g/mol. The molecule has 1 fully saturated rings. The lowest BCUT2D eigenvalue weighted by molar-refractivity contribution is -0.117. The first-order valence-electron chi connectivity index (χ1n) is 11.3. The summed E-state index contributed by atoms with van der Waals surface area (Å²) < 4.78 is 16.8. The van der Waals surface area contributed by atoms with Gasteiger partial charge in [0.25, 0.3) is 0 Å². The largest absolute Gasteiger partial charge is 0.491 e. The van der Waals surface area contributed by atoms with E-state index in [1.807, 2.05) is 43.3 Å². The van der Waals surface area contributed by atoms with Gasteiger partial charge in [0.2, 0.25) is 5.91 Å². The van der Waals surface area contributed by atoms with Crippen molar-refractivity contribution in [2.75, 3.05) is 44.8 Å². The Bertz CT molecular complexity index is 953. The van der Waals surface area contributed by atoms with Crippen molar-refractivity contribution in [3.05, 3.63) is 48.0 Å². The zero-order valence-corrected chi connectivity index (χ0v) is 18.5. The SMILES string of the molecule is CCCOc1ccccc1NC(=O)CN1CCC(C(=O)c2ccc3c(c2)OCCO3)CC1. The number of carbonyl (C=O) groups excluding carboxylic acids is 2. The van der Waals surface area contributed by atoms with Gasteiger partial charge in [-0.15, -0.1) is 0 Å². The molecular formula is C25H30N2O5. The fourth-order valence-corrected chi connectivity index (χ4v) is 4.09. The Morgan fingerprint density at radius 1 is 1.06 bits per heavy atom. The molecule has 170 valence electrons. The number of nitrogens with one attached hydrogen (secondary N) is 1. The molecule has 0 radical (unpaired) electrons. The number of piperidine rings is 1. The van der Waals surface area contributed by atoms with Gasteiger partial charge < -0.3 is 19.5 Å². The molecule has 0 aromatic heterocycles. The van der Waals surface area contributed by atoms with Crippen LogP contribution in [0.3, 0.4) is 0 Å². The molecule has 0 spiro atoms. The van der Waals surface area contributed by atoms with Crippen molar-refractivity contribution in [3.63, 3.8) is 0 Å². The summed E-state index contributed by atoms with van der Waals surface area (Å²) in [6, 6.07) is 12.9. The molecule has 1 saturated heterocycles. The maximum atomic E-state index is 13.0. The lowest BCUT2D eigenvalue weighted by Crippen LogP contribution is -2.40. The van der Waals surface area contributed by atoms with Crippen LogP contribution < -0.4 is 19.5 Å². The van der Waals surface area contributed by atoms with Crippen molar-refractivity contribution >= 4 is 17.4 Å². The predicted octanol–water partition coefficient (Wildman–Crippen LogP) is 3.78. The van der Waals surface area contributed by atoms with Gasteiger partial charge in [0.15, 0.2) is 17.3 Å². The van der Waals surface area contributed by atoms with Gasteiger partial charge in [-0.3, -0.25) is 14.5 Å². The molecule has 4 rings (SSSR count). The molecule has 0 aliphatic carbocycles. The number of hydrogen-bond donors (Lipinski definition) is 1. The van der Waals surface area contributed by atoms with E-state index in [0.29, 0.717) is 68.0 Å². The maximum absolute atomic E-state index is 13.0. The van der Waals surface area contributed by atoms with Crippen LogP contribution >= 0.6 is 0 Å². The quantitative estimate of drug-likeness (QED) is 0.632. The number of para-hydroxylation sites is 2. The minimum Gasteiger partial charge on any atom is -0.491 e. The van der Waals surface area contributed by atoms with Gasteiger partial charge in [-0.05, 0) is 62.7 Å². The Kier molecular flexibility index (Phi) is 7.27. The molecule has 2 aromatic carbocycles. The molecule has 0 saturated carbocycles. The van der Waals surface area contributed by atoms with Crippen LogP contribution in [0.4, 0.5) is 5.69 Å². The van der Waals surface area contributed by atoms with Gasteiger partial charge in [-0.2, -0.15) is 0 Å². The molecule has 0 bridgehead atoms. The summed E-state index contributed by atoms with van der Waals surface area (Å²) in [6.45, 7) is 5.41. The van der Waals surface area contributed by atoms with Crippen LogP contribution in [0.25, 0.3) is 0 Å². The van der Waals surface area contributed by atoms with Gasteiger partial charge in [-0.25, -0.2) is 0 Å². The molecule has 2 aliphatic heterocycles. The second-order valence-corrected chi connectivity index (χ2v) is 8.17. The number of ether oxygens (including phenoxy) is 3. The maximum Gasteiger partial charge on any atom is 0.238 e. The lowest BCUT2D eigenvalue weighted by Gasteiger charge is -2.31. The van der Waals surface area contributed by atoms with Gasteiger partial charge >= 0.3 is 0 Å². The van der Waals surface area contributed by atoms with E-state index in [1.165, 1.54) is 0 Å². The van der Waals surface area contributed by atoms with E-state index in [4.69, 9.17) is 14.2 Å². The molecule has 0 atom stereocenters. The fourth-order valence-electron chi connectivity index (χ4n) is 4.09. The molecule has 32 heavy (non-hydrogen) atoms. The Hall–Kier alpha value is -3.06. The second kappa shape index (κ2) is 10.5. The summed E-state index contributed by atoms with van der Waals surface area (Å²) in [5.74, 6) is 2.03. The molecule has 7 heteroatoms. The summed E-state index contributed by atoms with van der Waals surface area (Å²) in [5.41, 5.74) is 1.35. The minimum atomic E-state index is -0.0749. The van der Waals surface area contributed by atoms with Crippen molar-refractivity contribution in [1.29, 1.82) is 0 Å². The first-order valence-corrected chi connectivity index (χ1v) is 11.3. The molecule has 0 unspecified atom stereocenters. The van der Waals surface area contributed by atoms with Crippen molar-refractivity contribution in [2.24, 2.45) is 5.92 Å². The van der Waals surface area contributed by atoms with E-state index < -0.39 is 0 Å². The first kappa shape index (κ1) is 22.1. The Labute approximate surface area is 188 Å². The highest BCUT2D eigenvalue weighted by atomic mass is 16.6. The van der Waals surface area contributed by atoms with Crippen LogP contribution in [0.2, 0.25) is 0 Å². The summed E-state index contributed by atoms with van der Waals surface area (Å²) in [7, 11) is 0. The van der Waals surface area contributed by atoms with Crippen LogP contribution in [0.5, 0.6) is 17.2 Å². The number of fused-ring (bicyclic) bond motifs is 1. The minimum absolute atomic E-state index is 0.0416. The average Bonchev–Trinajstić information content (AvgIpc) is 2.83. The number of rotatable bonds is 8. The monoisotopic (exact) mass is 438 g/mol. The smallest absolute Gasteiger partial charge is 0.238 e. The van der Waals surface area contributed by atoms with Gasteiger partial charge in [0, 0.05) is 11.5 Å². The number of nitrogens with zero attached hydrogens (tertiary/aromatic N) is 1. The summed E-state index contributed by atoms with van der Waals surface area (Å²) in [6.07, 6.45) is 2.37. The van der Waals surface area contributed by atoms with Gasteiger partial charge in [0.1, 0.15) is 19.0 Å². The van der Waals surface area contributed by atoms with Crippen LogP contribution in [0.1, 0.15) is 36.5 Å². The number of Topliss-reactive ketones (excluding diaryl/α,β-unsaturated/α-hetero) is 1. The molecule has 2 aromatic rings. The molecule has 1 N–H and O–H groups in total. The number of anilines is 1. The van der Waals surface area contributed by atoms with Gasteiger partial charge in [0.05, 0.1) is 18.8 Å². The molecule has 2 heterocycles. The standard InChI is InChI=1S/C25H30N2O5/c1-2-13-30-21-6-4-3-5-20(21)26-24(28)17-27-11-9-18(10-12-27)25(29)19-7-8-22-23(16-19)32-15-14-31-22/h3-8,16,18H,2,9-15,17H2,1H3,(H,26,28). The van der Waals surface area contributed by atoms with E-state index in [0.717, 1.165) is 19.3 Å². The Morgan fingerprint density at radius 3 is 2.59 bits per heavy atom. The van der Waals surface area contributed by atoms with Crippen molar-refractivity contribution in [2.45, 2.75) is 26.2 Å². The summed E-state index contributed by atoms with van der Waals surface area (Å²) in [4.78, 5) is 27.6. The van der Waals surface area contributed by atoms with E-state index in [-0.39, 0.29) is 17.6 Å². The lowest BCUT2D eigenvalue weighted by atomic mass is 9.88. The first-order chi connectivity index (χ1) is 15.6. The zero-order chi connectivity index (χ0) is 22.3. The van der Waals surface area contributed by atoms with Crippen LogP contribution in [0, 0.1) is 5.92 Å². The van der Waals surface area contributed by atoms with E-state index in [1.54, 1.807) is 6.07 Å². The third kappa shape index (κ3) is 5.40. The number of carbonyl (C=O) groups is 2. The van der Waals surface area contributed by atoms with E-state index >= 15 is 0 Å². The topological polar surface area (TPSA) is 77.1 Å². The summed E-state index contributed by atoms with van der Waals surface area (Å²) >= 11 is 0. The Morgan fingerprint density at radius 2 is 1.81 bits per heavy atom. The number of benzene rings is 2. The predicted molar refractivity (Wildman–Crippen MR) is 122 cm³/mol. The molecule has 2 aliphatic rings. The average molecular weight is 439 g/mol.